The normalized spacial score (nSPS) is 23.0. The number of carbonyl (C=O) groups excluding carboxylic acids is 2. The van der Waals surface area contributed by atoms with Crippen LogP contribution in [-0.2, 0) is 27.5 Å². The first-order valence-corrected chi connectivity index (χ1v) is 7.90. The van der Waals surface area contributed by atoms with Crippen LogP contribution in [-0.4, -0.2) is 34.3 Å². The van der Waals surface area contributed by atoms with Gasteiger partial charge in [-0.25, -0.2) is 0 Å². The first-order valence-electron chi connectivity index (χ1n) is 7.90. The van der Waals surface area contributed by atoms with Gasteiger partial charge in [-0.1, -0.05) is 24.3 Å². The average Bonchev–Trinajstić information content (AvgIpc) is 3.25. The largest absolute Gasteiger partial charge is 0.481 e. The summed E-state index contributed by atoms with van der Waals surface area (Å²) in [6.45, 7) is 1.78. The van der Waals surface area contributed by atoms with E-state index in [1.54, 1.807) is 0 Å². The second-order valence-electron chi connectivity index (χ2n) is 6.24. The van der Waals surface area contributed by atoms with Crippen molar-refractivity contribution >= 4 is 17.8 Å². The van der Waals surface area contributed by atoms with Gasteiger partial charge >= 0.3 is 5.97 Å². The van der Waals surface area contributed by atoms with Gasteiger partial charge in [0.15, 0.2) is 0 Å². The Morgan fingerprint density at radius 2 is 2.04 bits per heavy atom. The third-order valence-corrected chi connectivity index (χ3v) is 4.45. The highest BCUT2D eigenvalue weighted by atomic mass is 16.4. The van der Waals surface area contributed by atoms with Crippen LogP contribution in [0.4, 0.5) is 0 Å². The van der Waals surface area contributed by atoms with E-state index in [4.69, 9.17) is 5.11 Å². The zero-order valence-electron chi connectivity index (χ0n) is 12.8. The van der Waals surface area contributed by atoms with Crippen LogP contribution >= 0.6 is 0 Å². The van der Waals surface area contributed by atoms with Crippen molar-refractivity contribution in [3.63, 3.8) is 0 Å². The zero-order chi connectivity index (χ0) is 16.4. The summed E-state index contributed by atoms with van der Waals surface area (Å²) in [7, 11) is 0. The monoisotopic (exact) mass is 316 g/mol. The molecular weight excluding hydrogens is 296 g/mol. The minimum Gasteiger partial charge on any atom is -0.481 e. The summed E-state index contributed by atoms with van der Waals surface area (Å²) in [5.74, 6) is -1.82. The lowest BCUT2D eigenvalue weighted by atomic mass is 10.1. The third-order valence-electron chi connectivity index (χ3n) is 4.45. The molecule has 23 heavy (non-hydrogen) atoms. The van der Waals surface area contributed by atoms with Crippen molar-refractivity contribution in [1.29, 1.82) is 0 Å². The summed E-state index contributed by atoms with van der Waals surface area (Å²) in [5, 5.41) is 11.6. The SMILES string of the molecule is O=C(O)[C@H]1C[C@@H]1C(=O)NCc1cccc(CN2CCCC2=O)c1. The summed E-state index contributed by atoms with van der Waals surface area (Å²) < 4.78 is 0. The van der Waals surface area contributed by atoms with Crippen LogP contribution in [0, 0.1) is 11.8 Å². The average molecular weight is 316 g/mol. The fourth-order valence-corrected chi connectivity index (χ4v) is 3.01. The third kappa shape index (κ3) is 3.70. The van der Waals surface area contributed by atoms with Crippen molar-refractivity contribution in [2.45, 2.75) is 32.4 Å². The summed E-state index contributed by atoms with van der Waals surface area (Å²) in [6, 6.07) is 7.78. The van der Waals surface area contributed by atoms with E-state index in [2.05, 4.69) is 5.32 Å². The van der Waals surface area contributed by atoms with E-state index in [-0.39, 0.29) is 11.8 Å². The molecule has 1 aliphatic carbocycles. The van der Waals surface area contributed by atoms with E-state index in [0.29, 0.717) is 25.9 Å². The first kappa shape index (κ1) is 15.5. The number of nitrogens with zero attached hydrogens (tertiary/aromatic N) is 1. The van der Waals surface area contributed by atoms with E-state index < -0.39 is 17.8 Å². The smallest absolute Gasteiger partial charge is 0.307 e. The van der Waals surface area contributed by atoms with Gasteiger partial charge in [-0.2, -0.15) is 0 Å². The van der Waals surface area contributed by atoms with Crippen LogP contribution in [0.15, 0.2) is 24.3 Å². The Balaban J connectivity index is 1.52. The van der Waals surface area contributed by atoms with Gasteiger partial charge in [-0.3, -0.25) is 14.4 Å². The molecule has 1 saturated carbocycles. The van der Waals surface area contributed by atoms with Gasteiger partial charge in [0.25, 0.3) is 0 Å². The van der Waals surface area contributed by atoms with Gasteiger partial charge < -0.3 is 15.3 Å². The fourth-order valence-electron chi connectivity index (χ4n) is 3.01. The lowest BCUT2D eigenvalue weighted by Crippen LogP contribution is -2.26. The second kappa shape index (κ2) is 6.40. The number of benzene rings is 1. The first-order chi connectivity index (χ1) is 11.0. The molecule has 2 fully saturated rings. The van der Waals surface area contributed by atoms with E-state index in [0.717, 1.165) is 24.1 Å². The standard InChI is InChI=1S/C17H20N2O4/c20-15-5-2-6-19(15)10-12-4-1-3-11(7-12)9-18-16(21)13-8-14(13)17(22)23/h1,3-4,7,13-14H,2,5-6,8-10H2,(H,18,21)(H,22,23)/t13-,14-/m0/s1. The van der Waals surface area contributed by atoms with Crippen LogP contribution in [0.5, 0.6) is 0 Å². The fraction of sp³-hybridized carbons (Fsp3) is 0.471. The van der Waals surface area contributed by atoms with Gasteiger partial charge in [0.1, 0.15) is 0 Å². The highest BCUT2D eigenvalue weighted by molar-refractivity contribution is 5.89. The van der Waals surface area contributed by atoms with E-state index >= 15 is 0 Å². The number of hydrogen-bond acceptors (Lipinski definition) is 3. The molecule has 1 saturated heterocycles. The molecule has 2 atom stereocenters. The molecule has 3 rings (SSSR count). The molecule has 0 spiro atoms. The van der Waals surface area contributed by atoms with E-state index in [9.17, 15) is 14.4 Å². The Kier molecular flexibility index (Phi) is 4.32. The van der Waals surface area contributed by atoms with Crippen molar-refractivity contribution in [3.8, 4) is 0 Å². The number of carbonyl (C=O) groups is 3. The number of carboxylic acids is 1. The predicted octanol–water partition coefficient (Wildman–Crippen LogP) is 1.15. The van der Waals surface area contributed by atoms with E-state index in [1.807, 2.05) is 29.2 Å². The van der Waals surface area contributed by atoms with Crippen LogP contribution in [0.25, 0.3) is 0 Å². The number of amides is 2. The molecule has 6 heteroatoms. The van der Waals surface area contributed by atoms with Gasteiger partial charge in [0.05, 0.1) is 11.8 Å². The molecule has 122 valence electrons. The number of likely N-dealkylation sites (tertiary alicyclic amines) is 1. The molecule has 0 aromatic heterocycles. The van der Waals surface area contributed by atoms with Crippen LogP contribution in [0.1, 0.15) is 30.4 Å². The van der Waals surface area contributed by atoms with Crippen LogP contribution in [0.2, 0.25) is 0 Å². The maximum absolute atomic E-state index is 11.9. The van der Waals surface area contributed by atoms with Crippen molar-refractivity contribution in [2.75, 3.05) is 6.54 Å². The molecule has 1 heterocycles. The van der Waals surface area contributed by atoms with Gasteiger partial charge in [0, 0.05) is 26.1 Å². The molecule has 6 nitrogen and oxygen atoms in total. The summed E-state index contributed by atoms with van der Waals surface area (Å²) in [6.07, 6.45) is 1.97. The Morgan fingerprint density at radius 1 is 1.26 bits per heavy atom. The lowest BCUT2D eigenvalue weighted by molar-refractivity contribution is -0.140. The molecule has 1 aliphatic heterocycles. The van der Waals surface area contributed by atoms with Crippen molar-refractivity contribution in [2.24, 2.45) is 11.8 Å². The maximum Gasteiger partial charge on any atom is 0.307 e. The topological polar surface area (TPSA) is 86.7 Å². The number of carboxylic acid groups (broad SMARTS) is 1. The summed E-state index contributed by atoms with van der Waals surface area (Å²) >= 11 is 0. The van der Waals surface area contributed by atoms with Gasteiger partial charge in [-0.05, 0) is 24.0 Å². The molecule has 0 bridgehead atoms. The molecule has 2 amide bonds. The van der Waals surface area contributed by atoms with Crippen LogP contribution in [0.3, 0.4) is 0 Å². The molecule has 0 radical (unpaired) electrons. The minimum atomic E-state index is -0.901. The van der Waals surface area contributed by atoms with Crippen molar-refractivity contribution in [3.05, 3.63) is 35.4 Å². The van der Waals surface area contributed by atoms with Gasteiger partial charge in [0.2, 0.25) is 11.8 Å². The molecule has 2 aliphatic rings. The minimum absolute atomic E-state index is 0.192. The van der Waals surface area contributed by atoms with Crippen molar-refractivity contribution in [1.82, 2.24) is 10.2 Å². The second-order valence-corrected chi connectivity index (χ2v) is 6.24. The van der Waals surface area contributed by atoms with Crippen LogP contribution < -0.4 is 5.32 Å². The summed E-state index contributed by atoms with van der Waals surface area (Å²) in [4.78, 5) is 36.2. The number of rotatable bonds is 6. The quantitative estimate of drug-likeness (QED) is 0.824. The van der Waals surface area contributed by atoms with Gasteiger partial charge in [-0.15, -0.1) is 0 Å². The van der Waals surface area contributed by atoms with E-state index in [1.165, 1.54) is 0 Å². The lowest BCUT2D eigenvalue weighted by Gasteiger charge is -2.16. The summed E-state index contributed by atoms with van der Waals surface area (Å²) in [5.41, 5.74) is 2.00. The number of hydrogen-bond donors (Lipinski definition) is 2. The highest BCUT2D eigenvalue weighted by Crippen LogP contribution is 2.38. The Hall–Kier alpha value is -2.37. The van der Waals surface area contributed by atoms with Crippen molar-refractivity contribution < 1.29 is 19.5 Å². The number of nitrogens with one attached hydrogen (secondary N) is 1. The molecule has 1 aromatic rings. The Labute approximate surface area is 134 Å². The maximum atomic E-state index is 11.9. The Bertz CT molecular complexity index is 643. The molecule has 0 unspecified atom stereocenters. The molecular formula is C17H20N2O4. The highest BCUT2D eigenvalue weighted by Gasteiger charge is 2.48. The predicted molar refractivity (Wildman–Crippen MR) is 82.2 cm³/mol. The molecule has 2 N–H and O–H groups in total. The zero-order valence-corrected chi connectivity index (χ0v) is 12.8. The molecule has 1 aromatic carbocycles. The Morgan fingerprint density at radius 3 is 2.70 bits per heavy atom. The number of aliphatic carboxylic acids is 1.